The molecule has 2 atom stereocenters. The molecular formula is C20H32N2O5. The van der Waals surface area contributed by atoms with Crippen LogP contribution in [0, 0.1) is 5.92 Å². The molecule has 7 heteroatoms. The standard InChI is InChI=1S/C20H32N2O5/c1-14(2)22(13-16-11-21-12-17(16)23)20(24)15-6-7-18(26-4)19(10-15)27-9-5-8-25-3/h6-7,10,14,16-17,21,23H,5,8-9,11-13H2,1-4H3/t16-,17-/m0/s1. The van der Waals surface area contributed by atoms with E-state index in [4.69, 9.17) is 14.2 Å². The van der Waals surface area contributed by atoms with Gasteiger partial charge in [0.1, 0.15) is 0 Å². The second-order valence-electron chi connectivity index (χ2n) is 7.10. The maximum atomic E-state index is 13.1. The number of β-amino-alcohol motifs (C(OH)–C–C–N with tert-alkyl or cyclic N) is 1. The molecule has 1 amide bonds. The van der Waals surface area contributed by atoms with Crippen LogP contribution in [0.15, 0.2) is 18.2 Å². The molecule has 0 aromatic heterocycles. The number of rotatable bonds is 10. The number of aliphatic hydroxyl groups excluding tert-OH is 1. The van der Waals surface area contributed by atoms with Gasteiger partial charge in [-0.2, -0.15) is 0 Å². The summed E-state index contributed by atoms with van der Waals surface area (Å²) in [5.41, 5.74) is 0.548. The van der Waals surface area contributed by atoms with Crippen LogP contribution in [0.4, 0.5) is 0 Å². The molecule has 2 rings (SSSR count). The number of hydrogen-bond donors (Lipinski definition) is 2. The Morgan fingerprint density at radius 2 is 2.04 bits per heavy atom. The van der Waals surface area contributed by atoms with E-state index in [1.165, 1.54) is 0 Å². The van der Waals surface area contributed by atoms with E-state index in [2.05, 4.69) is 5.32 Å². The highest BCUT2D eigenvalue weighted by molar-refractivity contribution is 5.95. The molecule has 152 valence electrons. The van der Waals surface area contributed by atoms with Crippen molar-refractivity contribution in [2.24, 2.45) is 5.92 Å². The van der Waals surface area contributed by atoms with E-state index in [9.17, 15) is 9.90 Å². The second kappa shape index (κ2) is 10.5. The molecule has 0 saturated carbocycles. The van der Waals surface area contributed by atoms with E-state index < -0.39 is 6.10 Å². The predicted molar refractivity (Wildman–Crippen MR) is 104 cm³/mol. The Balaban J connectivity index is 2.14. The van der Waals surface area contributed by atoms with Crippen molar-refractivity contribution in [2.45, 2.75) is 32.4 Å². The van der Waals surface area contributed by atoms with Gasteiger partial charge < -0.3 is 29.5 Å². The Bertz CT molecular complexity index is 608. The second-order valence-corrected chi connectivity index (χ2v) is 7.10. The molecule has 2 N–H and O–H groups in total. The third-order valence-electron chi connectivity index (χ3n) is 4.78. The minimum absolute atomic E-state index is 0.0264. The molecule has 0 spiro atoms. The highest BCUT2D eigenvalue weighted by Crippen LogP contribution is 2.29. The van der Waals surface area contributed by atoms with Gasteiger partial charge >= 0.3 is 0 Å². The van der Waals surface area contributed by atoms with Crippen molar-refractivity contribution < 1.29 is 24.1 Å². The van der Waals surface area contributed by atoms with Crippen molar-refractivity contribution >= 4 is 5.91 Å². The molecular weight excluding hydrogens is 348 g/mol. The Morgan fingerprint density at radius 3 is 2.63 bits per heavy atom. The van der Waals surface area contributed by atoms with Crippen LogP contribution in [0.1, 0.15) is 30.6 Å². The predicted octanol–water partition coefficient (Wildman–Crippen LogP) is 1.54. The summed E-state index contributed by atoms with van der Waals surface area (Å²) in [6.07, 6.45) is 0.331. The Labute approximate surface area is 161 Å². The molecule has 27 heavy (non-hydrogen) atoms. The summed E-state index contributed by atoms with van der Waals surface area (Å²) in [7, 11) is 3.23. The van der Waals surface area contributed by atoms with Gasteiger partial charge in [0, 0.05) is 57.3 Å². The lowest BCUT2D eigenvalue weighted by molar-refractivity contribution is 0.0598. The molecule has 0 unspecified atom stereocenters. The topological polar surface area (TPSA) is 80.3 Å². The minimum Gasteiger partial charge on any atom is -0.493 e. The number of hydrogen-bond acceptors (Lipinski definition) is 6. The van der Waals surface area contributed by atoms with Gasteiger partial charge in [0.15, 0.2) is 11.5 Å². The molecule has 1 heterocycles. The quantitative estimate of drug-likeness (QED) is 0.600. The van der Waals surface area contributed by atoms with Crippen molar-refractivity contribution in [3.8, 4) is 11.5 Å². The number of methoxy groups -OCH3 is 2. The fraction of sp³-hybridized carbons (Fsp3) is 0.650. The molecule has 0 bridgehead atoms. The summed E-state index contributed by atoms with van der Waals surface area (Å²) < 4.78 is 16.2. The van der Waals surface area contributed by atoms with Crippen LogP contribution in [-0.4, -0.2) is 75.1 Å². The number of carbonyl (C=O) groups is 1. The number of nitrogens with zero attached hydrogens (tertiary/aromatic N) is 1. The van der Waals surface area contributed by atoms with E-state index in [1.54, 1.807) is 37.3 Å². The Morgan fingerprint density at radius 1 is 1.26 bits per heavy atom. The molecule has 1 fully saturated rings. The first kappa shape index (κ1) is 21.5. The number of amides is 1. The van der Waals surface area contributed by atoms with E-state index in [-0.39, 0.29) is 17.9 Å². The molecule has 7 nitrogen and oxygen atoms in total. The van der Waals surface area contributed by atoms with Crippen LogP contribution in [0.25, 0.3) is 0 Å². The normalized spacial score (nSPS) is 19.3. The smallest absolute Gasteiger partial charge is 0.254 e. The molecule has 1 aromatic carbocycles. The number of aliphatic hydroxyl groups is 1. The van der Waals surface area contributed by atoms with Gasteiger partial charge in [0.2, 0.25) is 0 Å². The summed E-state index contributed by atoms with van der Waals surface area (Å²) in [6, 6.07) is 5.26. The first-order valence-corrected chi connectivity index (χ1v) is 9.47. The summed E-state index contributed by atoms with van der Waals surface area (Å²) in [5.74, 6) is 1.11. The highest BCUT2D eigenvalue weighted by atomic mass is 16.5. The van der Waals surface area contributed by atoms with Crippen molar-refractivity contribution in [1.82, 2.24) is 10.2 Å². The van der Waals surface area contributed by atoms with E-state index in [1.807, 2.05) is 13.8 Å². The molecule has 1 saturated heterocycles. The van der Waals surface area contributed by atoms with Crippen molar-refractivity contribution in [1.29, 1.82) is 0 Å². The van der Waals surface area contributed by atoms with Crippen LogP contribution in [0.3, 0.4) is 0 Å². The largest absolute Gasteiger partial charge is 0.493 e. The zero-order chi connectivity index (χ0) is 19.8. The summed E-state index contributed by atoms with van der Waals surface area (Å²) in [6.45, 7) is 6.87. The van der Waals surface area contributed by atoms with E-state index in [0.29, 0.717) is 49.9 Å². The lowest BCUT2D eigenvalue weighted by Gasteiger charge is -2.30. The fourth-order valence-corrected chi connectivity index (χ4v) is 3.16. The van der Waals surface area contributed by atoms with Gasteiger partial charge in [0.05, 0.1) is 19.8 Å². The lowest BCUT2D eigenvalue weighted by atomic mass is 10.0. The molecule has 0 radical (unpaired) electrons. The minimum atomic E-state index is -0.422. The van der Waals surface area contributed by atoms with E-state index >= 15 is 0 Å². The third-order valence-corrected chi connectivity index (χ3v) is 4.78. The van der Waals surface area contributed by atoms with Crippen LogP contribution >= 0.6 is 0 Å². The first-order valence-electron chi connectivity index (χ1n) is 9.47. The lowest BCUT2D eigenvalue weighted by Crippen LogP contribution is -2.43. The van der Waals surface area contributed by atoms with Crippen molar-refractivity contribution in [3.63, 3.8) is 0 Å². The van der Waals surface area contributed by atoms with E-state index in [0.717, 1.165) is 6.42 Å². The molecule has 1 aromatic rings. The maximum absolute atomic E-state index is 13.1. The fourth-order valence-electron chi connectivity index (χ4n) is 3.16. The van der Waals surface area contributed by atoms with Gasteiger partial charge in [-0.3, -0.25) is 4.79 Å². The summed E-state index contributed by atoms with van der Waals surface area (Å²) >= 11 is 0. The highest BCUT2D eigenvalue weighted by Gasteiger charge is 2.30. The third kappa shape index (κ3) is 5.82. The van der Waals surface area contributed by atoms with Gasteiger partial charge in [-0.15, -0.1) is 0 Å². The summed E-state index contributed by atoms with van der Waals surface area (Å²) in [4.78, 5) is 14.9. The molecule has 1 aliphatic heterocycles. The molecule has 0 aliphatic carbocycles. The molecule has 1 aliphatic rings. The summed E-state index contributed by atoms with van der Waals surface area (Å²) in [5, 5.41) is 13.2. The van der Waals surface area contributed by atoms with Gasteiger partial charge in [-0.25, -0.2) is 0 Å². The monoisotopic (exact) mass is 380 g/mol. The van der Waals surface area contributed by atoms with Crippen LogP contribution in [-0.2, 0) is 4.74 Å². The first-order chi connectivity index (χ1) is 13.0. The van der Waals surface area contributed by atoms with Crippen LogP contribution < -0.4 is 14.8 Å². The van der Waals surface area contributed by atoms with Crippen LogP contribution in [0.2, 0.25) is 0 Å². The number of nitrogens with one attached hydrogen (secondary N) is 1. The zero-order valence-corrected chi connectivity index (χ0v) is 16.7. The SMILES string of the molecule is COCCCOc1cc(C(=O)N(C[C@@H]2CNC[C@@H]2O)C(C)C)ccc1OC. The van der Waals surface area contributed by atoms with Crippen molar-refractivity contribution in [3.05, 3.63) is 23.8 Å². The number of benzene rings is 1. The van der Waals surface area contributed by atoms with Crippen LogP contribution in [0.5, 0.6) is 11.5 Å². The maximum Gasteiger partial charge on any atom is 0.254 e. The Hall–Kier alpha value is -1.83. The average Bonchev–Trinajstić information content (AvgIpc) is 3.07. The van der Waals surface area contributed by atoms with Crippen molar-refractivity contribution in [2.75, 3.05) is 47.1 Å². The average molecular weight is 380 g/mol. The van der Waals surface area contributed by atoms with Gasteiger partial charge in [-0.05, 0) is 32.0 Å². The van der Waals surface area contributed by atoms with Gasteiger partial charge in [0.25, 0.3) is 5.91 Å². The Kier molecular flexibility index (Phi) is 8.34. The number of carbonyl (C=O) groups excluding carboxylic acids is 1. The van der Waals surface area contributed by atoms with Gasteiger partial charge in [-0.1, -0.05) is 0 Å². The zero-order valence-electron chi connectivity index (χ0n) is 16.7. The number of ether oxygens (including phenoxy) is 3.